The molecule has 3 aromatic rings. The predicted molar refractivity (Wildman–Crippen MR) is 106 cm³/mol. The van der Waals surface area contributed by atoms with Gasteiger partial charge >= 0.3 is 0 Å². The number of rotatable bonds is 7. The third kappa shape index (κ3) is 4.59. The number of nitrogens with one attached hydrogen (secondary N) is 2. The molecule has 6 heteroatoms. The maximum absolute atomic E-state index is 12.8. The van der Waals surface area contributed by atoms with Crippen molar-refractivity contribution in [2.75, 3.05) is 5.32 Å². The number of amides is 2. The highest BCUT2D eigenvalue weighted by Crippen LogP contribution is 2.30. The molecule has 0 fully saturated rings. The van der Waals surface area contributed by atoms with Crippen molar-refractivity contribution in [1.29, 1.82) is 0 Å². The molecule has 0 saturated heterocycles. The van der Waals surface area contributed by atoms with Crippen molar-refractivity contribution in [3.8, 4) is 11.5 Å². The molecule has 2 amide bonds. The first-order chi connectivity index (χ1) is 13.5. The maximum Gasteiger partial charge on any atom is 0.239 e. The molecule has 0 unspecified atom stereocenters. The van der Waals surface area contributed by atoms with Crippen molar-refractivity contribution in [2.24, 2.45) is 5.41 Å². The van der Waals surface area contributed by atoms with Gasteiger partial charge in [-0.15, -0.1) is 0 Å². The molecule has 0 spiro atoms. The van der Waals surface area contributed by atoms with E-state index >= 15 is 0 Å². The summed E-state index contributed by atoms with van der Waals surface area (Å²) in [5.41, 5.74) is -0.796. The molecule has 0 bridgehead atoms. The Balaban J connectivity index is 1.68. The SMILES string of the molecule is CC(C)(C(=O)NCc1ccco1)C(=O)Nc1ccccc1Oc1ccccc1. The number of carbonyl (C=O) groups excluding carboxylic acids is 2. The highest BCUT2D eigenvalue weighted by molar-refractivity contribution is 6.10. The van der Waals surface area contributed by atoms with Crippen molar-refractivity contribution < 1.29 is 18.7 Å². The Labute approximate surface area is 163 Å². The number of hydrogen-bond acceptors (Lipinski definition) is 4. The molecule has 6 nitrogen and oxygen atoms in total. The number of furan rings is 1. The lowest BCUT2D eigenvalue weighted by Gasteiger charge is -2.23. The second kappa shape index (κ2) is 8.43. The molecule has 0 aliphatic heterocycles. The molecule has 3 rings (SSSR count). The minimum Gasteiger partial charge on any atom is -0.467 e. The average Bonchev–Trinajstić information content (AvgIpc) is 3.22. The molecule has 2 N–H and O–H groups in total. The van der Waals surface area contributed by atoms with E-state index in [4.69, 9.17) is 9.15 Å². The predicted octanol–water partition coefficient (Wildman–Crippen LogP) is 4.35. The molecular weight excluding hydrogens is 356 g/mol. The van der Waals surface area contributed by atoms with Crippen molar-refractivity contribution in [3.63, 3.8) is 0 Å². The minimum atomic E-state index is -1.29. The summed E-state index contributed by atoms with van der Waals surface area (Å²) in [5, 5.41) is 5.52. The molecule has 0 radical (unpaired) electrons. The summed E-state index contributed by atoms with van der Waals surface area (Å²) < 4.78 is 11.0. The summed E-state index contributed by atoms with van der Waals surface area (Å²) >= 11 is 0. The van der Waals surface area contributed by atoms with Gasteiger partial charge in [0.15, 0.2) is 5.75 Å². The lowest BCUT2D eigenvalue weighted by atomic mass is 9.91. The average molecular weight is 378 g/mol. The highest BCUT2D eigenvalue weighted by Gasteiger charge is 2.36. The molecule has 28 heavy (non-hydrogen) atoms. The van der Waals surface area contributed by atoms with Crippen LogP contribution in [0.1, 0.15) is 19.6 Å². The summed E-state index contributed by atoms with van der Waals surface area (Å²) in [5.74, 6) is 0.927. The van der Waals surface area contributed by atoms with E-state index in [1.807, 2.05) is 36.4 Å². The van der Waals surface area contributed by atoms with Gasteiger partial charge in [0, 0.05) is 0 Å². The van der Waals surface area contributed by atoms with E-state index in [9.17, 15) is 9.59 Å². The normalized spacial score (nSPS) is 10.9. The van der Waals surface area contributed by atoms with Crippen LogP contribution >= 0.6 is 0 Å². The third-order valence-electron chi connectivity index (χ3n) is 4.24. The van der Waals surface area contributed by atoms with Gasteiger partial charge in [-0.25, -0.2) is 0 Å². The Hall–Kier alpha value is -3.54. The van der Waals surface area contributed by atoms with Crippen LogP contribution in [0.4, 0.5) is 5.69 Å². The zero-order valence-electron chi connectivity index (χ0n) is 15.8. The number of hydrogen-bond donors (Lipinski definition) is 2. The molecule has 0 aliphatic carbocycles. The van der Waals surface area contributed by atoms with Crippen LogP contribution in [-0.2, 0) is 16.1 Å². The van der Waals surface area contributed by atoms with Gasteiger partial charge in [0.05, 0.1) is 18.5 Å². The lowest BCUT2D eigenvalue weighted by Crippen LogP contribution is -2.44. The largest absolute Gasteiger partial charge is 0.467 e. The number of benzene rings is 2. The summed E-state index contributed by atoms with van der Waals surface area (Å²) in [6, 6.07) is 19.9. The van der Waals surface area contributed by atoms with E-state index in [2.05, 4.69) is 10.6 Å². The quantitative estimate of drug-likeness (QED) is 0.599. The fourth-order valence-electron chi connectivity index (χ4n) is 2.46. The van der Waals surface area contributed by atoms with E-state index in [-0.39, 0.29) is 6.54 Å². The Bertz CT molecular complexity index is 934. The fraction of sp³-hybridized carbons (Fsp3) is 0.182. The van der Waals surface area contributed by atoms with Crippen LogP contribution in [0.25, 0.3) is 0 Å². The number of anilines is 1. The topological polar surface area (TPSA) is 80.6 Å². The van der Waals surface area contributed by atoms with Crippen LogP contribution in [0.3, 0.4) is 0 Å². The molecule has 144 valence electrons. The van der Waals surface area contributed by atoms with Gasteiger partial charge in [-0.1, -0.05) is 30.3 Å². The Kier molecular flexibility index (Phi) is 5.79. The Morgan fingerprint density at radius 3 is 2.36 bits per heavy atom. The first-order valence-corrected chi connectivity index (χ1v) is 8.91. The van der Waals surface area contributed by atoms with Crippen LogP contribution in [0, 0.1) is 5.41 Å². The fourth-order valence-corrected chi connectivity index (χ4v) is 2.46. The van der Waals surface area contributed by atoms with Gasteiger partial charge in [-0.2, -0.15) is 0 Å². The van der Waals surface area contributed by atoms with E-state index in [1.54, 1.807) is 44.2 Å². The van der Waals surface area contributed by atoms with Crippen molar-refractivity contribution in [2.45, 2.75) is 20.4 Å². The van der Waals surface area contributed by atoms with Crippen LogP contribution in [0.2, 0.25) is 0 Å². The van der Waals surface area contributed by atoms with Gasteiger partial charge in [-0.05, 0) is 50.2 Å². The van der Waals surface area contributed by atoms with Gasteiger partial charge in [0.2, 0.25) is 11.8 Å². The summed E-state index contributed by atoms with van der Waals surface area (Å²) in [4.78, 5) is 25.3. The first kappa shape index (κ1) is 19.2. The van der Waals surface area contributed by atoms with E-state index < -0.39 is 17.2 Å². The molecule has 0 saturated carbocycles. The third-order valence-corrected chi connectivity index (χ3v) is 4.24. The number of ether oxygens (including phenoxy) is 1. The van der Waals surface area contributed by atoms with Gasteiger partial charge in [0.25, 0.3) is 0 Å². The van der Waals surface area contributed by atoms with Crippen molar-refractivity contribution in [1.82, 2.24) is 5.32 Å². The summed E-state index contributed by atoms with van der Waals surface area (Å²) in [6.45, 7) is 3.36. The van der Waals surface area contributed by atoms with Crippen molar-refractivity contribution in [3.05, 3.63) is 78.8 Å². The molecule has 0 aliphatic rings. The summed E-state index contributed by atoms with van der Waals surface area (Å²) in [7, 11) is 0. The van der Waals surface area contributed by atoms with Crippen molar-refractivity contribution >= 4 is 17.5 Å². The van der Waals surface area contributed by atoms with Crippen LogP contribution < -0.4 is 15.4 Å². The second-order valence-electron chi connectivity index (χ2n) is 6.75. The van der Waals surface area contributed by atoms with Gasteiger partial charge in [-0.3, -0.25) is 9.59 Å². The molecule has 0 atom stereocenters. The number of para-hydroxylation sites is 3. The van der Waals surface area contributed by atoms with E-state index in [1.165, 1.54) is 6.26 Å². The number of carbonyl (C=O) groups is 2. The standard InChI is InChI=1S/C22H22N2O4/c1-22(2,20(25)23-15-17-11-8-14-27-17)21(26)24-18-12-6-7-13-19(18)28-16-9-4-3-5-10-16/h3-14H,15H2,1-2H3,(H,23,25)(H,24,26). The zero-order chi connectivity index (χ0) is 20.0. The van der Waals surface area contributed by atoms with E-state index in [0.29, 0.717) is 22.9 Å². The van der Waals surface area contributed by atoms with Crippen LogP contribution in [0.5, 0.6) is 11.5 Å². The molecule has 1 heterocycles. The maximum atomic E-state index is 12.8. The van der Waals surface area contributed by atoms with E-state index in [0.717, 1.165) is 0 Å². The van der Waals surface area contributed by atoms with Crippen LogP contribution in [0.15, 0.2) is 77.4 Å². The highest BCUT2D eigenvalue weighted by atomic mass is 16.5. The van der Waals surface area contributed by atoms with Gasteiger partial charge < -0.3 is 19.8 Å². The Morgan fingerprint density at radius 2 is 1.64 bits per heavy atom. The lowest BCUT2D eigenvalue weighted by molar-refractivity contribution is -0.138. The minimum absolute atomic E-state index is 0.219. The monoisotopic (exact) mass is 378 g/mol. The van der Waals surface area contributed by atoms with Gasteiger partial charge in [0.1, 0.15) is 16.9 Å². The molecular formula is C22H22N2O4. The Morgan fingerprint density at radius 1 is 0.929 bits per heavy atom. The van der Waals surface area contributed by atoms with Crippen LogP contribution in [-0.4, -0.2) is 11.8 Å². The second-order valence-corrected chi connectivity index (χ2v) is 6.75. The summed E-state index contributed by atoms with van der Waals surface area (Å²) in [6.07, 6.45) is 1.53. The zero-order valence-corrected chi connectivity index (χ0v) is 15.8. The molecule has 2 aromatic carbocycles. The smallest absolute Gasteiger partial charge is 0.239 e. The molecule has 1 aromatic heterocycles. The first-order valence-electron chi connectivity index (χ1n) is 8.91.